The third-order valence-corrected chi connectivity index (χ3v) is 8.69. The zero-order chi connectivity index (χ0) is 31.8. The topological polar surface area (TPSA) is 111 Å². The van der Waals surface area contributed by atoms with E-state index in [4.69, 9.17) is 19.2 Å². The second-order valence-electron chi connectivity index (χ2n) is 10.7. The number of carbonyl (C=O) groups excluding carboxylic acids is 1. The maximum absolute atomic E-state index is 13.4. The molecule has 1 amide bonds. The monoisotopic (exact) mass is 631 g/mol. The molecule has 0 unspecified atom stereocenters. The van der Waals surface area contributed by atoms with Crippen LogP contribution in [-0.2, 0) is 19.5 Å². The highest BCUT2D eigenvalue weighted by atomic mass is 32.1. The molecule has 1 aromatic heterocycles. The molecule has 1 aliphatic rings. The summed E-state index contributed by atoms with van der Waals surface area (Å²) in [7, 11) is 4.92. The average molecular weight is 632 g/mol. The van der Waals surface area contributed by atoms with Crippen LogP contribution in [-0.4, -0.2) is 79.7 Å². The number of amides is 1. The Balaban J connectivity index is 1.22. The van der Waals surface area contributed by atoms with Gasteiger partial charge in [0.1, 0.15) is 16.5 Å². The largest absolute Gasteiger partial charge is 0.497 e. The fraction of sp³-hybridized carbons (Fsp3) is 0.333. The van der Waals surface area contributed by atoms with E-state index < -0.39 is 4.92 Å². The molecule has 1 saturated heterocycles. The van der Waals surface area contributed by atoms with Crippen LogP contribution in [0.2, 0.25) is 0 Å². The molecule has 2 heterocycles. The number of ether oxygens (including phenoxy) is 3. The molecule has 0 saturated carbocycles. The first-order valence-electron chi connectivity index (χ1n) is 14.7. The van der Waals surface area contributed by atoms with Gasteiger partial charge in [0.15, 0.2) is 11.5 Å². The van der Waals surface area contributed by atoms with E-state index >= 15 is 0 Å². The van der Waals surface area contributed by atoms with Crippen molar-refractivity contribution in [1.82, 2.24) is 14.8 Å². The van der Waals surface area contributed by atoms with Crippen molar-refractivity contribution in [3.8, 4) is 17.2 Å². The van der Waals surface area contributed by atoms with Crippen molar-refractivity contribution in [2.75, 3.05) is 59.0 Å². The molecule has 1 aliphatic heterocycles. The minimum Gasteiger partial charge on any atom is -0.497 e. The Labute approximate surface area is 266 Å². The van der Waals surface area contributed by atoms with Crippen LogP contribution in [0, 0.1) is 10.1 Å². The summed E-state index contributed by atoms with van der Waals surface area (Å²) >= 11 is 1.50. The normalized spacial score (nSPS) is 13.2. The van der Waals surface area contributed by atoms with E-state index in [9.17, 15) is 14.9 Å². The molecule has 0 aliphatic carbocycles. The number of non-ortho nitro benzene ring substituents is 1. The molecule has 4 aromatic rings. The summed E-state index contributed by atoms with van der Waals surface area (Å²) in [4.78, 5) is 35.0. The van der Waals surface area contributed by atoms with Crippen LogP contribution in [0.15, 0.2) is 72.1 Å². The van der Waals surface area contributed by atoms with E-state index in [1.54, 1.807) is 33.5 Å². The molecule has 0 radical (unpaired) electrons. The summed E-state index contributed by atoms with van der Waals surface area (Å²) < 4.78 is 16.2. The number of aromatic nitrogens is 1. The molecule has 0 N–H and O–H groups in total. The molecular weight excluding hydrogens is 594 g/mol. The predicted octanol–water partition coefficient (Wildman–Crippen LogP) is 5.28. The lowest BCUT2D eigenvalue weighted by Crippen LogP contribution is -2.48. The van der Waals surface area contributed by atoms with Crippen LogP contribution in [0.1, 0.15) is 26.6 Å². The highest BCUT2D eigenvalue weighted by molar-refractivity contribution is 7.09. The average Bonchev–Trinajstić information content (AvgIpc) is 3.55. The third-order valence-electron chi connectivity index (χ3n) is 7.85. The van der Waals surface area contributed by atoms with E-state index in [1.165, 1.54) is 23.5 Å². The minimum atomic E-state index is -0.404. The molecule has 1 fully saturated rings. The summed E-state index contributed by atoms with van der Waals surface area (Å²) in [6.45, 7) is 4.48. The second kappa shape index (κ2) is 14.9. The number of nitro groups is 1. The first-order chi connectivity index (χ1) is 21.9. The number of hydrogen-bond donors (Lipinski definition) is 0. The Morgan fingerprint density at radius 3 is 2.22 bits per heavy atom. The zero-order valence-corrected chi connectivity index (χ0v) is 26.5. The quantitative estimate of drug-likeness (QED) is 0.144. The van der Waals surface area contributed by atoms with Crippen molar-refractivity contribution in [3.63, 3.8) is 0 Å². The molecule has 45 heavy (non-hydrogen) atoms. The number of benzene rings is 3. The number of methoxy groups -OCH3 is 3. The molecule has 0 spiro atoms. The van der Waals surface area contributed by atoms with Crippen molar-refractivity contribution in [2.45, 2.75) is 19.5 Å². The molecule has 0 bridgehead atoms. The van der Waals surface area contributed by atoms with Gasteiger partial charge < -0.3 is 24.0 Å². The molecule has 11 nitrogen and oxygen atoms in total. The lowest BCUT2D eigenvalue weighted by molar-refractivity contribution is -0.384. The minimum absolute atomic E-state index is 0.0652. The van der Waals surface area contributed by atoms with Crippen molar-refractivity contribution in [1.29, 1.82) is 0 Å². The smallest absolute Gasteiger partial charge is 0.273 e. The van der Waals surface area contributed by atoms with Gasteiger partial charge in [-0.25, -0.2) is 4.98 Å². The predicted molar refractivity (Wildman–Crippen MR) is 174 cm³/mol. The highest BCUT2D eigenvalue weighted by Crippen LogP contribution is 2.28. The van der Waals surface area contributed by atoms with Gasteiger partial charge in [-0.1, -0.05) is 18.2 Å². The number of nitrogens with zero attached hydrogens (tertiary/aromatic N) is 5. The summed E-state index contributed by atoms with van der Waals surface area (Å²) in [5, 5.41) is 13.7. The molecule has 236 valence electrons. The summed E-state index contributed by atoms with van der Waals surface area (Å²) in [5.74, 6) is 2.14. The van der Waals surface area contributed by atoms with Crippen molar-refractivity contribution in [3.05, 3.63) is 104 Å². The zero-order valence-electron chi connectivity index (χ0n) is 25.7. The summed E-state index contributed by atoms with van der Waals surface area (Å²) in [5.41, 5.74) is 3.73. The Morgan fingerprint density at radius 2 is 1.58 bits per heavy atom. The van der Waals surface area contributed by atoms with Crippen LogP contribution in [0.5, 0.6) is 17.2 Å². The number of hydrogen-bond acceptors (Lipinski definition) is 10. The van der Waals surface area contributed by atoms with Crippen LogP contribution in [0.3, 0.4) is 0 Å². The molecule has 0 atom stereocenters. The Hall–Kier alpha value is -4.68. The van der Waals surface area contributed by atoms with Crippen molar-refractivity contribution < 1.29 is 23.9 Å². The van der Waals surface area contributed by atoms with Crippen LogP contribution < -0.4 is 19.1 Å². The fourth-order valence-corrected chi connectivity index (χ4v) is 6.12. The van der Waals surface area contributed by atoms with Gasteiger partial charge in [0.2, 0.25) is 0 Å². The molecule has 12 heteroatoms. The van der Waals surface area contributed by atoms with E-state index in [0.717, 1.165) is 40.5 Å². The van der Waals surface area contributed by atoms with Crippen molar-refractivity contribution in [2.24, 2.45) is 0 Å². The molecule has 3 aromatic carbocycles. The lowest BCUT2D eigenvalue weighted by Gasteiger charge is -2.35. The Bertz CT molecular complexity index is 1590. The van der Waals surface area contributed by atoms with E-state index in [2.05, 4.69) is 28.0 Å². The number of carbonyl (C=O) groups is 1. The number of nitro benzene ring substituents is 1. The van der Waals surface area contributed by atoms with Crippen LogP contribution >= 0.6 is 11.3 Å². The first-order valence-corrected chi connectivity index (χ1v) is 15.5. The number of thiazole rings is 1. The summed E-state index contributed by atoms with van der Waals surface area (Å²) in [6, 6.07) is 20.6. The first kappa shape index (κ1) is 31.7. The van der Waals surface area contributed by atoms with E-state index in [0.29, 0.717) is 56.5 Å². The van der Waals surface area contributed by atoms with Crippen LogP contribution in [0.4, 0.5) is 11.4 Å². The van der Waals surface area contributed by atoms with Crippen LogP contribution in [0.25, 0.3) is 0 Å². The van der Waals surface area contributed by atoms with Gasteiger partial charge in [0.05, 0.1) is 32.8 Å². The standard InChI is InChI=1S/C33H37N5O6S/c1-42-28-11-4-25(5-12-28)21-35(15-14-24-6-13-30(43-2)31(20-24)44-3)22-32-34-29(23-45-32)33(39)37-18-16-36(17-19-37)26-7-9-27(10-8-26)38(40)41/h4-13,20,23H,14-19,21-22H2,1-3H3. The third kappa shape index (κ3) is 8.08. The van der Waals surface area contributed by atoms with Gasteiger partial charge in [-0.2, -0.15) is 0 Å². The van der Waals surface area contributed by atoms with Gasteiger partial charge in [-0.05, 0) is 53.9 Å². The van der Waals surface area contributed by atoms with Gasteiger partial charge in [0.25, 0.3) is 11.6 Å². The maximum Gasteiger partial charge on any atom is 0.273 e. The van der Waals surface area contributed by atoms with Gasteiger partial charge in [-0.15, -0.1) is 11.3 Å². The molecular formula is C33H37N5O6S. The SMILES string of the molecule is COc1ccc(CN(CCc2ccc(OC)c(OC)c2)Cc2nc(C(=O)N3CCN(c4ccc([N+](=O)[O-])cc4)CC3)cs2)cc1. The number of rotatable bonds is 13. The van der Waals surface area contributed by atoms with Gasteiger partial charge >= 0.3 is 0 Å². The second-order valence-corrected chi connectivity index (χ2v) is 11.6. The van der Waals surface area contributed by atoms with Crippen molar-refractivity contribution >= 4 is 28.6 Å². The number of piperazine rings is 1. The van der Waals surface area contributed by atoms with E-state index in [-0.39, 0.29) is 11.6 Å². The Kier molecular flexibility index (Phi) is 10.5. The lowest BCUT2D eigenvalue weighted by atomic mass is 10.1. The Morgan fingerprint density at radius 1 is 0.889 bits per heavy atom. The van der Waals surface area contributed by atoms with Gasteiger partial charge in [0, 0.05) is 62.5 Å². The fourth-order valence-electron chi connectivity index (χ4n) is 5.31. The van der Waals surface area contributed by atoms with Gasteiger partial charge in [-0.3, -0.25) is 19.8 Å². The van der Waals surface area contributed by atoms with E-state index in [1.807, 2.05) is 34.5 Å². The highest BCUT2D eigenvalue weighted by Gasteiger charge is 2.25. The molecule has 5 rings (SSSR count). The number of anilines is 1. The maximum atomic E-state index is 13.4. The summed E-state index contributed by atoms with van der Waals surface area (Å²) in [6.07, 6.45) is 0.798.